The zero-order valence-corrected chi connectivity index (χ0v) is 6.41. The van der Waals surface area contributed by atoms with E-state index in [9.17, 15) is 0 Å². The normalized spacial score (nSPS) is 8.33. The maximum atomic E-state index is 8.28. The number of nitrogens with zero attached hydrogens (tertiary/aromatic N) is 3. The summed E-state index contributed by atoms with van der Waals surface area (Å²) in [5.41, 5.74) is 0. The van der Waals surface area contributed by atoms with Crippen LogP contribution < -0.4 is 0 Å². The fourth-order valence-corrected chi connectivity index (χ4v) is 0.573. The summed E-state index contributed by atoms with van der Waals surface area (Å²) in [6, 6.07) is 7.35. The average molecular weight is 163 g/mol. The van der Waals surface area contributed by atoms with E-state index in [-0.39, 0.29) is 0 Å². The molecule has 0 radical (unpaired) electrons. The van der Waals surface area contributed by atoms with Gasteiger partial charge in [-0.1, -0.05) is 6.07 Å². The highest BCUT2D eigenvalue weighted by Gasteiger charge is 1.71. The lowest BCUT2D eigenvalue weighted by atomic mass is 10.5. The lowest BCUT2D eigenvalue weighted by Gasteiger charge is -1.76. The fraction of sp³-hybridized carbons (Fsp3) is 0. The molecule has 2 heterocycles. The molecule has 2 aromatic heterocycles. The molecular formula is C8H9N3O. The van der Waals surface area contributed by atoms with E-state index in [1.165, 1.54) is 12.4 Å². The first-order valence-electron chi connectivity index (χ1n) is 3.43. The molecule has 12 heavy (non-hydrogen) atoms. The maximum Gasteiger partial charge on any atom is 0.0664 e. The molecule has 62 valence electrons. The third-order valence-electron chi connectivity index (χ3n) is 1.06. The molecule has 0 aliphatic rings. The summed E-state index contributed by atoms with van der Waals surface area (Å²) in [6.45, 7) is 0. The van der Waals surface area contributed by atoms with Crippen LogP contribution in [-0.4, -0.2) is 20.1 Å². The highest BCUT2D eigenvalue weighted by atomic mass is 16.5. The lowest BCUT2D eigenvalue weighted by Crippen LogP contribution is -1.86. The topological polar surface area (TPSA) is 50.9 Å². The molecule has 0 bridgehead atoms. The Labute approximate surface area is 70.1 Å². The molecule has 0 aromatic carbocycles. The zero-order chi connectivity index (χ0) is 8.65. The highest BCUT2D eigenvalue weighted by molar-refractivity contribution is 4.88. The summed E-state index contributed by atoms with van der Waals surface area (Å²) in [4.78, 5) is 4.53. The van der Waals surface area contributed by atoms with Crippen molar-refractivity contribution < 1.29 is 5.21 Å². The van der Waals surface area contributed by atoms with Gasteiger partial charge in [0.25, 0.3) is 0 Å². The monoisotopic (exact) mass is 163 g/mol. The molecule has 4 heteroatoms. The SMILES string of the molecule is On1cccn1.c1ccncc1. The highest BCUT2D eigenvalue weighted by Crippen LogP contribution is 1.73. The van der Waals surface area contributed by atoms with Crippen molar-refractivity contribution >= 4 is 0 Å². The van der Waals surface area contributed by atoms with Crippen LogP contribution in [0.5, 0.6) is 0 Å². The van der Waals surface area contributed by atoms with Crippen molar-refractivity contribution in [3.63, 3.8) is 0 Å². The second kappa shape index (κ2) is 4.90. The van der Waals surface area contributed by atoms with Gasteiger partial charge in [-0.3, -0.25) is 4.98 Å². The molecule has 0 saturated carbocycles. The van der Waals surface area contributed by atoms with Gasteiger partial charge in [-0.05, 0) is 18.2 Å². The van der Waals surface area contributed by atoms with Crippen LogP contribution in [0.25, 0.3) is 0 Å². The van der Waals surface area contributed by atoms with E-state index < -0.39 is 0 Å². The van der Waals surface area contributed by atoms with Gasteiger partial charge in [-0.25, -0.2) is 0 Å². The number of hydrogen-bond donors (Lipinski definition) is 1. The van der Waals surface area contributed by atoms with Crippen molar-refractivity contribution in [2.24, 2.45) is 0 Å². The van der Waals surface area contributed by atoms with Gasteiger partial charge in [0.1, 0.15) is 0 Å². The number of pyridine rings is 1. The molecule has 2 aromatic rings. The van der Waals surface area contributed by atoms with E-state index in [4.69, 9.17) is 5.21 Å². The third-order valence-corrected chi connectivity index (χ3v) is 1.06. The van der Waals surface area contributed by atoms with Crippen LogP contribution >= 0.6 is 0 Å². The Morgan fingerprint density at radius 2 is 1.67 bits per heavy atom. The maximum absolute atomic E-state index is 8.28. The molecule has 0 unspecified atom stereocenters. The van der Waals surface area contributed by atoms with E-state index in [2.05, 4.69) is 10.1 Å². The molecule has 0 fully saturated rings. The van der Waals surface area contributed by atoms with E-state index >= 15 is 0 Å². The smallest absolute Gasteiger partial charge is 0.0664 e. The van der Waals surface area contributed by atoms with Crippen molar-refractivity contribution in [3.8, 4) is 0 Å². The summed E-state index contributed by atoms with van der Waals surface area (Å²) >= 11 is 0. The summed E-state index contributed by atoms with van der Waals surface area (Å²) in [5, 5.41) is 11.7. The molecule has 0 aliphatic heterocycles. The average Bonchev–Trinajstić information content (AvgIpc) is 2.60. The van der Waals surface area contributed by atoms with Crippen LogP contribution in [0.4, 0.5) is 0 Å². The van der Waals surface area contributed by atoms with E-state index in [0.29, 0.717) is 0 Å². The minimum Gasteiger partial charge on any atom is -0.412 e. The van der Waals surface area contributed by atoms with Gasteiger partial charge < -0.3 is 5.21 Å². The fourth-order valence-electron chi connectivity index (χ4n) is 0.573. The standard InChI is InChI=1S/C5H5N.C3H4N2O/c1-2-4-6-5-3-1;6-5-3-1-2-4-5/h1-5H;1-3,6H. The van der Waals surface area contributed by atoms with Gasteiger partial charge in [0.05, 0.1) is 12.4 Å². The first-order chi connectivity index (χ1) is 5.89. The van der Waals surface area contributed by atoms with Gasteiger partial charge in [0.2, 0.25) is 0 Å². The number of hydrogen-bond acceptors (Lipinski definition) is 3. The van der Waals surface area contributed by atoms with Crippen LogP contribution in [-0.2, 0) is 0 Å². The van der Waals surface area contributed by atoms with E-state index in [1.807, 2.05) is 18.2 Å². The van der Waals surface area contributed by atoms with E-state index in [1.54, 1.807) is 18.5 Å². The Morgan fingerprint density at radius 1 is 0.917 bits per heavy atom. The van der Waals surface area contributed by atoms with Crippen molar-refractivity contribution in [2.45, 2.75) is 0 Å². The Balaban J connectivity index is 0.000000120. The molecule has 0 spiro atoms. The molecular weight excluding hydrogens is 154 g/mol. The van der Waals surface area contributed by atoms with Gasteiger partial charge in [-0.2, -0.15) is 0 Å². The Hall–Kier alpha value is -1.84. The van der Waals surface area contributed by atoms with Gasteiger partial charge >= 0.3 is 0 Å². The lowest BCUT2D eigenvalue weighted by molar-refractivity contribution is 0.149. The summed E-state index contributed by atoms with van der Waals surface area (Å²) in [5.74, 6) is 0. The van der Waals surface area contributed by atoms with Gasteiger partial charge in [-0.15, -0.1) is 9.94 Å². The van der Waals surface area contributed by atoms with Crippen LogP contribution in [0.1, 0.15) is 0 Å². The first-order valence-corrected chi connectivity index (χ1v) is 3.43. The predicted molar refractivity (Wildman–Crippen MR) is 43.6 cm³/mol. The van der Waals surface area contributed by atoms with Crippen molar-refractivity contribution in [1.29, 1.82) is 0 Å². The number of aromatic nitrogens is 3. The summed E-state index contributed by atoms with van der Waals surface area (Å²) < 4.78 is 0. The molecule has 0 atom stereocenters. The number of rotatable bonds is 0. The predicted octanol–water partition coefficient (Wildman–Crippen LogP) is 1.20. The summed E-state index contributed by atoms with van der Waals surface area (Å²) in [6.07, 6.45) is 6.44. The van der Waals surface area contributed by atoms with Crippen LogP contribution in [0, 0.1) is 0 Å². The quantitative estimate of drug-likeness (QED) is 0.594. The van der Waals surface area contributed by atoms with Crippen LogP contribution in [0.2, 0.25) is 0 Å². The molecule has 0 aliphatic carbocycles. The van der Waals surface area contributed by atoms with Gasteiger partial charge in [0, 0.05) is 12.4 Å². The minimum absolute atomic E-state index is 0.750. The molecule has 4 nitrogen and oxygen atoms in total. The van der Waals surface area contributed by atoms with Crippen molar-refractivity contribution in [1.82, 2.24) is 14.9 Å². The zero-order valence-electron chi connectivity index (χ0n) is 6.41. The first kappa shape index (κ1) is 8.26. The summed E-state index contributed by atoms with van der Waals surface area (Å²) in [7, 11) is 0. The minimum atomic E-state index is 0.750. The van der Waals surface area contributed by atoms with Crippen LogP contribution in [0.15, 0.2) is 49.1 Å². The third kappa shape index (κ3) is 3.36. The second-order valence-corrected chi connectivity index (χ2v) is 1.95. The Kier molecular flexibility index (Phi) is 3.37. The largest absolute Gasteiger partial charge is 0.412 e. The second-order valence-electron chi connectivity index (χ2n) is 1.95. The molecule has 0 amide bonds. The Morgan fingerprint density at radius 3 is 1.83 bits per heavy atom. The molecule has 1 N–H and O–H groups in total. The molecule has 2 rings (SSSR count). The Bertz CT molecular complexity index is 254. The van der Waals surface area contributed by atoms with Crippen molar-refractivity contribution in [3.05, 3.63) is 49.1 Å². The van der Waals surface area contributed by atoms with Gasteiger partial charge in [0.15, 0.2) is 0 Å². The van der Waals surface area contributed by atoms with E-state index in [0.717, 1.165) is 4.85 Å². The molecule has 0 saturated heterocycles. The van der Waals surface area contributed by atoms with Crippen LogP contribution in [0.3, 0.4) is 0 Å². The van der Waals surface area contributed by atoms with Crippen molar-refractivity contribution in [2.75, 3.05) is 0 Å².